The van der Waals surface area contributed by atoms with Crippen LogP contribution < -0.4 is 4.90 Å². The Morgan fingerprint density at radius 1 is 1.15 bits per heavy atom. The van der Waals surface area contributed by atoms with Gasteiger partial charge in [0.25, 0.3) is 5.91 Å². The Kier molecular flexibility index (Phi) is 3.37. The van der Waals surface area contributed by atoms with Gasteiger partial charge in [-0.1, -0.05) is 5.16 Å². The van der Waals surface area contributed by atoms with E-state index in [4.69, 9.17) is 0 Å². The van der Waals surface area contributed by atoms with Crippen LogP contribution in [0.5, 0.6) is 0 Å². The number of hydrogen-bond donors (Lipinski definition) is 0. The van der Waals surface area contributed by atoms with Crippen LogP contribution in [0.25, 0.3) is 0 Å². The van der Waals surface area contributed by atoms with E-state index < -0.39 is 0 Å². The summed E-state index contributed by atoms with van der Waals surface area (Å²) in [6, 6.07) is 6.41. The van der Waals surface area contributed by atoms with Crippen molar-refractivity contribution >= 4 is 11.6 Å². The summed E-state index contributed by atoms with van der Waals surface area (Å²) < 4.78 is 17.6. The first-order valence-electron chi connectivity index (χ1n) is 6.43. The molecule has 20 heavy (non-hydrogen) atoms. The molecule has 104 valence electrons. The molecular weight excluding hydrogens is 261 g/mol. The molecule has 2 heterocycles. The summed E-state index contributed by atoms with van der Waals surface area (Å²) in [6.45, 7) is 2.70. The van der Waals surface area contributed by atoms with Gasteiger partial charge in [-0.2, -0.15) is 0 Å². The van der Waals surface area contributed by atoms with E-state index in [1.165, 1.54) is 24.6 Å². The Labute approximate surface area is 115 Å². The number of amides is 1. The van der Waals surface area contributed by atoms with Crippen LogP contribution in [0, 0.1) is 5.82 Å². The van der Waals surface area contributed by atoms with Crippen LogP contribution in [-0.4, -0.2) is 42.1 Å². The quantitative estimate of drug-likeness (QED) is 0.838. The van der Waals surface area contributed by atoms with Gasteiger partial charge in [0.1, 0.15) is 12.1 Å². The lowest BCUT2D eigenvalue weighted by molar-refractivity contribution is 0.0746. The second-order valence-electron chi connectivity index (χ2n) is 4.67. The first-order chi connectivity index (χ1) is 9.74. The standard InChI is InChI=1S/C14H14FN3O2/c15-12-1-3-13(4-2-12)17-5-7-18(8-6-17)14(19)11-9-16-20-10-11/h1-4,9-10H,5-8H2. The van der Waals surface area contributed by atoms with Crippen molar-refractivity contribution in [3.05, 3.63) is 48.1 Å². The minimum Gasteiger partial charge on any atom is -0.368 e. The van der Waals surface area contributed by atoms with Crippen LogP contribution in [0.1, 0.15) is 10.4 Å². The van der Waals surface area contributed by atoms with Gasteiger partial charge in [-0.05, 0) is 24.3 Å². The third-order valence-corrected chi connectivity index (χ3v) is 3.44. The number of carbonyl (C=O) groups excluding carboxylic acids is 1. The third-order valence-electron chi connectivity index (χ3n) is 3.44. The van der Waals surface area contributed by atoms with Crippen LogP contribution in [0.15, 0.2) is 41.2 Å². The van der Waals surface area contributed by atoms with Crippen LogP contribution >= 0.6 is 0 Å². The maximum absolute atomic E-state index is 12.9. The summed E-state index contributed by atoms with van der Waals surface area (Å²) in [5.74, 6) is -0.306. The fourth-order valence-corrected chi connectivity index (χ4v) is 2.31. The summed E-state index contributed by atoms with van der Waals surface area (Å²) in [7, 11) is 0. The number of piperazine rings is 1. The Morgan fingerprint density at radius 2 is 1.85 bits per heavy atom. The molecule has 1 aromatic heterocycles. The molecular formula is C14H14FN3O2. The van der Waals surface area contributed by atoms with E-state index in [1.54, 1.807) is 17.0 Å². The SMILES string of the molecule is O=C(c1cnoc1)N1CCN(c2ccc(F)cc2)CC1. The highest BCUT2D eigenvalue weighted by molar-refractivity contribution is 5.93. The van der Waals surface area contributed by atoms with Gasteiger partial charge in [0.15, 0.2) is 0 Å². The molecule has 3 rings (SSSR count). The largest absolute Gasteiger partial charge is 0.368 e. The summed E-state index contributed by atoms with van der Waals surface area (Å²) in [5.41, 5.74) is 1.45. The fourth-order valence-electron chi connectivity index (χ4n) is 2.31. The summed E-state index contributed by atoms with van der Waals surface area (Å²) in [4.78, 5) is 16.0. The molecule has 0 spiro atoms. The molecule has 5 nitrogen and oxygen atoms in total. The van der Waals surface area contributed by atoms with E-state index in [2.05, 4.69) is 14.6 Å². The number of rotatable bonds is 2. The minimum atomic E-state index is -0.241. The van der Waals surface area contributed by atoms with Gasteiger partial charge in [0.05, 0.1) is 11.8 Å². The fraction of sp³-hybridized carbons (Fsp3) is 0.286. The van der Waals surface area contributed by atoms with Gasteiger partial charge >= 0.3 is 0 Å². The molecule has 0 unspecified atom stereocenters. The van der Waals surface area contributed by atoms with E-state index in [0.717, 1.165) is 18.8 Å². The van der Waals surface area contributed by atoms with E-state index >= 15 is 0 Å². The van der Waals surface area contributed by atoms with Crippen LogP contribution in [0.4, 0.5) is 10.1 Å². The van der Waals surface area contributed by atoms with Crippen molar-refractivity contribution in [3.8, 4) is 0 Å². The zero-order valence-corrected chi connectivity index (χ0v) is 10.8. The lowest BCUT2D eigenvalue weighted by Crippen LogP contribution is -2.48. The number of aromatic nitrogens is 1. The molecule has 6 heteroatoms. The average molecular weight is 275 g/mol. The van der Waals surface area contributed by atoms with Crippen LogP contribution in [0.2, 0.25) is 0 Å². The zero-order valence-electron chi connectivity index (χ0n) is 10.8. The second-order valence-corrected chi connectivity index (χ2v) is 4.67. The molecule has 1 aliphatic heterocycles. The number of nitrogens with zero attached hydrogens (tertiary/aromatic N) is 3. The van der Waals surface area contributed by atoms with Crippen molar-refractivity contribution in [2.45, 2.75) is 0 Å². The van der Waals surface area contributed by atoms with Gasteiger partial charge in [-0.3, -0.25) is 4.79 Å². The molecule has 1 fully saturated rings. The minimum absolute atomic E-state index is 0.0648. The van der Waals surface area contributed by atoms with Gasteiger partial charge in [0.2, 0.25) is 0 Å². The molecule has 0 N–H and O–H groups in total. The highest BCUT2D eigenvalue weighted by Gasteiger charge is 2.23. The molecule has 2 aromatic rings. The summed E-state index contributed by atoms with van der Waals surface area (Å²) in [5, 5.41) is 3.54. The molecule has 0 saturated carbocycles. The maximum Gasteiger partial charge on any atom is 0.258 e. The topological polar surface area (TPSA) is 49.6 Å². The van der Waals surface area contributed by atoms with Gasteiger partial charge in [-0.25, -0.2) is 4.39 Å². The molecule has 0 radical (unpaired) electrons. The van der Waals surface area contributed by atoms with Crippen molar-refractivity contribution < 1.29 is 13.7 Å². The monoisotopic (exact) mass is 275 g/mol. The van der Waals surface area contributed by atoms with Crippen molar-refractivity contribution in [2.75, 3.05) is 31.1 Å². The second kappa shape index (κ2) is 5.32. The Bertz CT molecular complexity index is 575. The number of carbonyl (C=O) groups is 1. The molecule has 0 aliphatic carbocycles. The molecule has 1 saturated heterocycles. The van der Waals surface area contributed by atoms with Crippen LogP contribution in [-0.2, 0) is 0 Å². The Balaban J connectivity index is 1.62. The average Bonchev–Trinajstić information content (AvgIpc) is 3.02. The van der Waals surface area contributed by atoms with Gasteiger partial charge in [0, 0.05) is 31.9 Å². The van der Waals surface area contributed by atoms with Gasteiger partial charge < -0.3 is 14.3 Å². The Hall–Kier alpha value is -2.37. The van der Waals surface area contributed by atoms with E-state index in [1.807, 2.05) is 0 Å². The number of halogens is 1. The lowest BCUT2D eigenvalue weighted by atomic mass is 10.2. The van der Waals surface area contributed by atoms with Crippen molar-refractivity contribution in [2.24, 2.45) is 0 Å². The smallest absolute Gasteiger partial charge is 0.258 e. The first-order valence-corrected chi connectivity index (χ1v) is 6.43. The Morgan fingerprint density at radius 3 is 2.45 bits per heavy atom. The summed E-state index contributed by atoms with van der Waals surface area (Å²) >= 11 is 0. The molecule has 0 atom stereocenters. The highest BCUT2D eigenvalue weighted by atomic mass is 19.1. The van der Waals surface area contributed by atoms with Crippen LogP contribution in [0.3, 0.4) is 0 Å². The van der Waals surface area contributed by atoms with Crippen molar-refractivity contribution in [1.82, 2.24) is 10.1 Å². The predicted octanol–water partition coefficient (Wildman–Crippen LogP) is 1.78. The van der Waals surface area contributed by atoms with Crippen molar-refractivity contribution in [1.29, 1.82) is 0 Å². The maximum atomic E-state index is 12.9. The normalized spacial score (nSPS) is 15.4. The molecule has 1 aliphatic rings. The van der Waals surface area contributed by atoms with E-state index in [9.17, 15) is 9.18 Å². The first kappa shape index (κ1) is 12.7. The number of hydrogen-bond acceptors (Lipinski definition) is 4. The van der Waals surface area contributed by atoms with E-state index in [0.29, 0.717) is 18.7 Å². The summed E-state index contributed by atoms with van der Waals surface area (Å²) in [6.07, 6.45) is 2.78. The number of anilines is 1. The highest BCUT2D eigenvalue weighted by Crippen LogP contribution is 2.17. The van der Waals surface area contributed by atoms with Crippen molar-refractivity contribution in [3.63, 3.8) is 0 Å². The lowest BCUT2D eigenvalue weighted by Gasteiger charge is -2.35. The third kappa shape index (κ3) is 2.49. The predicted molar refractivity (Wildman–Crippen MR) is 71.0 cm³/mol. The van der Waals surface area contributed by atoms with E-state index in [-0.39, 0.29) is 11.7 Å². The molecule has 1 amide bonds. The zero-order chi connectivity index (χ0) is 13.9. The molecule has 0 bridgehead atoms. The van der Waals surface area contributed by atoms with Gasteiger partial charge in [-0.15, -0.1) is 0 Å². The molecule has 1 aromatic carbocycles. The number of benzene rings is 1.